The number of nitrogens with zero attached hydrogens (tertiary/aromatic N) is 3. The second-order valence-electron chi connectivity index (χ2n) is 7.80. The maximum atomic E-state index is 14.0. The Hall–Kier alpha value is -3.68. The fourth-order valence-corrected chi connectivity index (χ4v) is 4.31. The van der Waals surface area contributed by atoms with Crippen LogP contribution in [0.4, 0.5) is 14.5 Å². The van der Waals surface area contributed by atoms with Gasteiger partial charge in [0.15, 0.2) is 11.6 Å². The average molecular weight is 421 g/mol. The number of nitrogens with two attached hydrogens (primary N) is 1. The van der Waals surface area contributed by atoms with Crippen LogP contribution in [0.25, 0.3) is 11.4 Å². The largest absolute Gasteiger partial charge is 0.395 e. The minimum Gasteiger partial charge on any atom is -0.395 e. The van der Waals surface area contributed by atoms with E-state index >= 15 is 0 Å². The molecule has 1 aromatic heterocycles. The fourth-order valence-electron chi connectivity index (χ4n) is 4.31. The van der Waals surface area contributed by atoms with Gasteiger partial charge in [0.2, 0.25) is 5.91 Å². The van der Waals surface area contributed by atoms with E-state index in [1.165, 1.54) is 12.1 Å². The summed E-state index contributed by atoms with van der Waals surface area (Å²) in [6.45, 7) is 2.50. The molecule has 2 aromatic carbocycles. The van der Waals surface area contributed by atoms with Crippen molar-refractivity contribution in [1.82, 2.24) is 15.1 Å². The number of aromatic nitrogens is 2. The Morgan fingerprint density at radius 2 is 2.10 bits per heavy atom. The zero-order valence-corrected chi connectivity index (χ0v) is 16.9. The summed E-state index contributed by atoms with van der Waals surface area (Å²) >= 11 is 0. The van der Waals surface area contributed by atoms with Crippen LogP contribution >= 0.6 is 0 Å². The maximum Gasteiger partial charge on any atom is 0.231 e. The molecule has 0 aliphatic carbocycles. The number of benzene rings is 2. The van der Waals surface area contributed by atoms with Crippen LogP contribution < -0.4 is 16.0 Å². The molecule has 0 fully saturated rings. The van der Waals surface area contributed by atoms with Crippen LogP contribution in [0, 0.1) is 11.6 Å². The van der Waals surface area contributed by atoms with Crippen molar-refractivity contribution in [1.29, 1.82) is 0 Å². The molecule has 1 atom stereocenters. The van der Waals surface area contributed by atoms with Crippen LogP contribution in [0.5, 0.6) is 0 Å². The van der Waals surface area contributed by atoms with Crippen molar-refractivity contribution >= 4 is 23.0 Å². The molecule has 6 nitrogen and oxygen atoms in total. The van der Waals surface area contributed by atoms with E-state index in [0.717, 1.165) is 34.3 Å². The second-order valence-corrected chi connectivity index (χ2v) is 7.80. The first kappa shape index (κ1) is 19.3. The second kappa shape index (κ2) is 7.23. The molecule has 0 bridgehead atoms. The lowest BCUT2D eigenvalue weighted by atomic mass is 10.0. The summed E-state index contributed by atoms with van der Waals surface area (Å²) in [6, 6.07) is 11.6. The summed E-state index contributed by atoms with van der Waals surface area (Å²) in [5, 5.41) is 7.69. The van der Waals surface area contributed by atoms with Crippen LogP contribution in [0.2, 0.25) is 0 Å². The van der Waals surface area contributed by atoms with Crippen molar-refractivity contribution in [3.63, 3.8) is 0 Å². The molecular weight excluding hydrogens is 400 g/mol. The van der Waals surface area contributed by atoms with E-state index in [4.69, 9.17) is 5.73 Å². The molecule has 0 saturated heterocycles. The Kier molecular flexibility index (Phi) is 4.50. The molecule has 2 aliphatic rings. The van der Waals surface area contributed by atoms with Gasteiger partial charge in [0, 0.05) is 29.6 Å². The van der Waals surface area contributed by atoms with E-state index in [9.17, 15) is 13.6 Å². The first-order valence-corrected chi connectivity index (χ1v) is 10.1. The standard InChI is InChI=1S/C23H21F2N5O/c1-13-28-23(22(26)19-7-9-27-30(13)19)16-5-6-18-14(11-16)8-10-29(18)20(31)12-15-3-2-4-17(24)21(15)25/h2-7,9,11,13,28H,8,10,12,26H2,1H3. The highest BCUT2D eigenvalue weighted by Gasteiger charge is 2.28. The quantitative estimate of drug-likeness (QED) is 0.681. The smallest absolute Gasteiger partial charge is 0.231 e. The van der Waals surface area contributed by atoms with Crippen molar-refractivity contribution in [2.24, 2.45) is 5.73 Å². The minimum absolute atomic E-state index is 0.0419. The molecule has 3 heterocycles. The number of rotatable bonds is 3. The van der Waals surface area contributed by atoms with Crippen molar-refractivity contribution in [2.45, 2.75) is 25.9 Å². The Balaban J connectivity index is 1.42. The zero-order chi connectivity index (χ0) is 21.7. The number of fused-ring (bicyclic) bond motifs is 2. The molecular formula is C23H21F2N5O. The Bertz CT molecular complexity index is 1230. The third-order valence-corrected chi connectivity index (χ3v) is 5.87. The van der Waals surface area contributed by atoms with Gasteiger partial charge in [0.05, 0.1) is 23.5 Å². The molecule has 158 valence electrons. The van der Waals surface area contributed by atoms with Crippen molar-refractivity contribution in [3.8, 4) is 0 Å². The summed E-state index contributed by atoms with van der Waals surface area (Å²) < 4.78 is 29.3. The summed E-state index contributed by atoms with van der Waals surface area (Å²) in [7, 11) is 0. The van der Waals surface area contributed by atoms with Gasteiger partial charge in [0.25, 0.3) is 0 Å². The number of carbonyl (C=O) groups excluding carboxylic acids is 1. The third-order valence-electron chi connectivity index (χ3n) is 5.87. The average Bonchev–Trinajstić information content (AvgIpc) is 3.41. The number of hydrogen-bond donors (Lipinski definition) is 2. The Morgan fingerprint density at radius 3 is 2.94 bits per heavy atom. The Labute approximate surface area is 178 Å². The Morgan fingerprint density at radius 1 is 1.26 bits per heavy atom. The number of carbonyl (C=O) groups is 1. The first-order chi connectivity index (χ1) is 14.9. The van der Waals surface area contributed by atoms with Crippen molar-refractivity contribution in [3.05, 3.63) is 82.7 Å². The molecule has 3 N–H and O–H groups in total. The number of hydrogen-bond acceptors (Lipinski definition) is 4. The van der Waals surface area contributed by atoms with Crippen LogP contribution in [-0.2, 0) is 17.6 Å². The van der Waals surface area contributed by atoms with Crippen LogP contribution in [0.15, 0.2) is 48.7 Å². The number of nitrogens with one attached hydrogen (secondary N) is 1. The van der Waals surface area contributed by atoms with E-state index in [1.54, 1.807) is 11.1 Å². The summed E-state index contributed by atoms with van der Waals surface area (Å²) in [4.78, 5) is 14.4. The highest BCUT2D eigenvalue weighted by atomic mass is 19.2. The molecule has 0 radical (unpaired) electrons. The first-order valence-electron chi connectivity index (χ1n) is 10.1. The van der Waals surface area contributed by atoms with Gasteiger partial charge in [-0.05, 0) is 43.2 Å². The molecule has 8 heteroatoms. The SMILES string of the molecule is CC1NC(c2ccc3c(c2)CCN3C(=O)Cc2cccc(F)c2F)=C(N)c2ccnn21. The van der Waals surface area contributed by atoms with Crippen LogP contribution in [0.3, 0.4) is 0 Å². The van der Waals surface area contributed by atoms with Gasteiger partial charge in [-0.1, -0.05) is 18.2 Å². The monoisotopic (exact) mass is 421 g/mol. The van der Waals surface area contributed by atoms with Gasteiger partial charge in [-0.15, -0.1) is 0 Å². The van der Waals surface area contributed by atoms with E-state index in [-0.39, 0.29) is 24.1 Å². The van der Waals surface area contributed by atoms with Crippen LogP contribution in [0.1, 0.15) is 35.5 Å². The highest BCUT2D eigenvalue weighted by Crippen LogP contribution is 2.34. The molecule has 31 heavy (non-hydrogen) atoms. The molecule has 1 unspecified atom stereocenters. The normalized spacial score (nSPS) is 17.4. The number of halogens is 2. The molecule has 0 saturated carbocycles. The van der Waals surface area contributed by atoms with E-state index in [2.05, 4.69) is 10.4 Å². The van der Waals surface area contributed by atoms with Gasteiger partial charge in [0.1, 0.15) is 6.17 Å². The lowest BCUT2D eigenvalue weighted by Gasteiger charge is -2.27. The zero-order valence-electron chi connectivity index (χ0n) is 16.9. The topological polar surface area (TPSA) is 76.2 Å². The van der Waals surface area contributed by atoms with Gasteiger partial charge >= 0.3 is 0 Å². The highest BCUT2D eigenvalue weighted by molar-refractivity contribution is 5.97. The summed E-state index contributed by atoms with van der Waals surface area (Å²) in [5.41, 5.74) is 11.5. The third kappa shape index (κ3) is 3.15. The molecule has 3 aromatic rings. The van der Waals surface area contributed by atoms with E-state index < -0.39 is 11.6 Å². The van der Waals surface area contributed by atoms with Gasteiger partial charge in [-0.3, -0.25) is 4.79 Å². The predicted octanol–water partition coefficient (Wildman–Crippen LogP) is 3.20. The summed E-state index contributed by atoms with van der Waals surface area (Å²) in [6.07, 6.45) is 2.17. The van der Waals surface area contributed by atoms with Crippen molar-refractivity contribution < 1.29 is 13.6 Å². The van der Waals surface area contributed by atoms with Gasteiger partial charge in [-0.2, -0.15) is 5.10 Å². The van der Waals surface area contributed by atoms with Gasteiger partial charge in [-0.25, -0.2) is 13.5 Å². The number of amides is 1. The molecule has 2 aliphatic heterocycles. The molecule has 1 amide bonds. The van der Waals surface area contributed by atoms with Gasteiger partial charge < -0.3 is 16.0 Å². The van der Waals surface area contributed by atoms with Crippen LogP contribution in [-0.4, -0.2) is 22.2 Å². The lowest BCUT2D eigenvalue weighted by molar-refractivity contribution is -0.117. The van der Waals surface area contributed by atoms with E-state index in [0.29, 0.717) is 18.7 Å². The number of anilines is 1. The predicted molar refractivity (Wildman–Crippen MR) is 114 cm³/mol. The molecule has 0 spiro atoms. The minimum atomic E-state index is -0.968. The summed E-state index contributed by atoms with van der Waals surface area (Å²) in [5.74, 6) is -2.18. The van der Waals surface area contributed by atoms with Crippen molar-refractivity contribution in [2.75, 3.05) is 11.4 Å². The maximum absolute atomic E-state index is 14.0. The molecule has 5 rings (SSSR count). The lowest BCUT2D eigenvalue weighted by Crippen LogP contribution is -2.32. The fraction of sp³-hybridized carbons (Fsp3) is 0.217. The van der Waals surface area contributed by atoms with E-state index in [1.807, 2.05) is 35.9 Å².